The number of likely N-dealkylation sites (N-methyl/N-ethyl adjacent to an activating group) is 1. The standard InChI is InChI=1S/C14H19BrN2O2/c1-16-9-11-4-2-3-7-17(11)14(19)12-8-10(15)5-6-13(12)18/h5-6,8,11,16,18H,2-4,7,9H2,1H3. The molecule has 4 nitrogen and oxygen atoms in total. The molecule has 1 atom stereocenters. The van der Waals surface area contributed by atoms with E-state index in [4.69, 9.17) is 0 Å². The Bertz CT molecular complexity index is 463. The van der Waals surface area contributed by atoms with Crippen molar-refractivity contribution in [1.82, 2.24) is 10.2 Å². The summed E-state index contributed by atoms with van der Waals surface area (Å²) in [7, 11) is 1.90. The molecule has 1 aliphatic heterocycles. The van der Waals surface area contributed by atoms with Crippen LogP contribution in [0.4, 0.5) is 0 Å². The number of nitrogens with one attached hydrogen (secondary N) is 1. The molecule has 1 aromatic carbocycles. The van der Waals surface area contributed by atoms with Crippen molar-refractivity contribution >= 4 is 21.8 Å². The van der Waals surface area contributed by atoms with Gasteiger partial charge in [-0.25, -0.2) is 0 Å². The van der Waals surface area contributed by atoms with Gasteiger partial charge in [-0.05, 0) is 44.5 Å². The SMILES string of the molecule is CNCC1CCCCN1C(=O)c1cc(Br)ccc1O. The fraction of sp³-hybridized carbons (Fsp3) is 0.500. The number of halogens is 1. The maximum atomic E-state index is 12.6. The van der Waals surface area contributed by atoms with Crippen LogP contribution >= 0.6 is 15.9 Å². The van der Waals surface area contributed by atoms with E-state index in [2.05, 4.69) is 21.2 Å². The summed E-state index contributed by atoms with van der Waals surface area (Å²) < 4.78 is 0.802. The van der Waals surface area contributed by atoms with Crippen LogP contribution in [0.3, 0.4) is 0 Å². The van der Waals surface area contributed by atoms with Crippen LogP contribution in [0, 0.1) is 0 Å². The molecule has 2 rings (SSSR count). The molecule has 1 heterocycles. The molecule has 0 spiro atoms. The number of likely N-dealkylation sites (tertiary alicyclic amines) is 1. The molecule has 1 unspecified atom stereocenters. The van der Waals surface area contributed by atoms with Crippen LogP contribution in [0.25, 0.3) is 0 Å². The molecule has 2 N–H and O–H groups in total. The molecule has 104 valence electrons. The molecule has 1 fully saturated rings. The van der Waals surface area contributed by atoms with Crippen LogP contribution in [0.15, 0.2) is 22.7 Å². The van der Waals surface area contributed by atoms with Gasteiger partial charge < -0.3 is 15.3 Å². The van der Waals surface area contributed by atoms with Gasteiger partial charge in [0, 0.05) is 23.6 Å². The molecule has 0 aliphatic carbocycles. The van der Waals surface area contributed by atoms with Gasteiger partial charge >= 0.3 is 0 Å². The van der Waals surface area contributed by atoms with E-state index in [1.165, 1.54) is 0 Å². The Labute approximate surface area is 121 Å². The molecule has 0 radical (unpaired) electrons. The molecule has 1 amide bonds. The third-order valence-corrected chi connectivity index (χ3v) is 4.01. The van der Waals surface area contributed by atoms with Crippen LogP contribution in [-0.4, -0.2) is 42.1 Å². The molecule has 0 bridgehead atoms. The van der Waals surface area contributed by atoms with Crippen molar-refractivity contribution in [3.05, 3.63) is 28.2 Å². The van der Waals surface area contributed by atoms with E-state index in [0.717, 1.165) is 36.8 Å². The van der Waals surface area contributed by atoms with Crippen LogP contribution in [0.5, 0.6) is 5.75 Å². The fourth-order valence-electron chi connectivity index (χ4n) is 2.55. The van der Waals surface area contributed by atoms with Crippen LogP contribution < -0.4 is 5.32 Å². The first kappa shape index (κ1) is 14.3. The molecule has 0 aromatic heterocycles. The minimum Gasteiger partial charge on any atom is -0.507 e. The van der Waals surface area contributed by atoms with Crippen LogP contribution in [0.2, 0.25) is 0 Å². The second-order valence-electron chi connectivity index (χ2n) is 4.87. The van der Waals surface area contributed by atoms with E-state index in [1.807, 2.05) is 11.9 Å². The van der Waals surface area contributed by atoms with E-state index in [1.54, 1.807) is 18.2 Å². The number of piperidine rings is 1. The van der Waals surface area contributed by atoms with E-state index in [0.29, 0.717) is 5.56 Å². The summed E-state index contributed by atoms with van der Waals surface area (Å²) in [5, 5.41) is 13.0. The number of phenolic OH excluding ortho intramolecular Hbond substituents is 1. The topological polar surface area (TPSA) is 52.6 Å². The minimum atomic E-state index is -0.0845. The van der Waals surface area contributed by atoms with Crippen LogP contribution in [-0.2, 0) is 0 Å². The summed E-state index contributed by atoms with van der Waals surface area (Å²) in [6.07, 6.45) is 3.20. The van der Waals surface area contributed by atoms with Crippen molar-refractivity contribution in [2.45, 2.75) is 25.3 Å². The molecule has 1 saturated heterocycles. The van der Waals surface area contributed by atoms with E-state index in [9.17, 15) is 9.90 Å². The van der Waals surface area contributed by atoms with Crippen molar-refractivity contribution in [2.24, 2.45) is 0 Å². The zero-order valence-electron chi connectivity index (χ0n) is 11.0. The predicted molar refractivity (Wildman–Crippen MR) is 78.4 cm³/mol. The van der Waals surface area contributed by atoms with Gasteiger partial charge in [0.1, 0.15) is 5.75 Å². The highest BCUT2D eigenvalue weighted by atomic mass is 79.9. The molecule has 19 heavy (non-hydrogen) atoms. The Hall–Kier alpha value is -1.07. The zero-order valence-corrected chi connectivity index (χ0v) is 12.6. The Kier molecular flexibility index (Phi) is 4.82. The van der Waals surface area contributed by atoms with Crippen molar-refractivity contribution < 1.29 is 9.90 Å². The number of carbonyl (C=O) groups is 1. The predicted octanol–water partition coefficient (Wildman–Crippen LogP) is 2.37. The van der Waals surface area contributed by atoms with Gasteiger partial charge in [-0.2, -0.15) is 0 Å². The van der Waals surface area contributed by atoms with E-state index < -0.39 is 0 Å². The first-order valence-corrected chi connectivity index (χ1v) is 7.37. The largest absolute Gasteiger partial charge is 0.507 e. The quantitative estimate of drug-likeness (QED) is 0.896. The zero-order chi connectivity index (χ0) is 13.8. The number of phenols is 1. The lowest BCUT2D eigenvalue weighted by Gasteiger charge is -2.36. The Balaban J connectivity index is 2.23. The average Bonchev–Trinajstić information content (AvgIpc) is 2.42. The van der Waals surface area contributed by atoms with Gasteiger partial charge in [-0.3, -0.25) is 4.79 Å². The highest BCUT2D eigenvalue weighted by molar-refractivity contribution is 9.10. The smallest absolute Gasteiger partial charge is 0.257 e. The number of rotatable bonds is 3. The van der Waals surface area contributed by atoms with Crippen molar-refractivity contribution in [3.63, 3.8) is 0 Å². The molecular weight excluding hydrogens is 308 g/mol. The number of aromatic hydroxyl groups is 1. The average molecular weight is 327 g/mol. The monoisotopic (exact) mass is 326 g/mol. The summed E-state index contributed by atoms with van der Waals surface area (Å²) in [4.78, 5) is 14.5. The van der Waals surface area contributed by atoms with E-state index >= 15 is 0 Å². The van der Waals surface area contributed by atoms with Crippen molar-refractivity contribution in [3.8, 4) is 5.75 Å². The highest BCUT2D eigenvalue weighted by Crippen LogP contribution is 2.26. The number of hydrogen-bond donors (Lipinski definition) is 2. The number of carbonyl (C=O) groups excluding carboxylic acids is 1. The number of nitrogens with zero attached hydrogens (tertiary/aromatic N) is 1. The summed E-state index contributed by atoms with van der Waals surface area (Å²) in [5.41, 5.74) is 0.373. The summed E-state index contributed by atoms with van der Waals surface area (Å²) in [5.74, 6) is -0.0410. The van der Waals surface area contributed by atoms with Crippen molar-refractivity contribution in [2.75, 3.05) is 20.1 Å². The highest BCUT2D eigenvalue weighted by Gasteiger charge is 2.28. The second kappa shape index (κ2) is 6.39. The normalized spacial score (nSPS) is 19.5. The third-order valence-electron chi connectivity index (χ3n) is 3.52. The molecular formula is C14H19BrN2O2. The van der Waals surface area contributed by atoms with Crippen molar-refractivity contribution in [1.29, 1.82) is 0 Å². The lowest BCUT2D eigenvalue weighted by molar-refractivity contribution is 0.0612. The Morgan fingerprint density at radius 3 is 3.05 bits per heavy atom. The van der Waals surface area contributed by atoms with Crippen LogP contribution in [0.1, 0.15) is 29.6 Å². The summed E-state index contributed by atoms with van der Waals surface area (Å²) in [6, 6.07) is 5.18. The third kappa shape index (κ3) is 3.28. The summed E-state index contributed by atoms with van der Waals surface area (Å²) >= 11 is 3.34. The first-order valence-electron chi connectivity index (χ1n) is 6.57. The molecule has 0 saturated carbocycles. The first-order chi connectivity index (χ1) is 9.13. The van der Waals surface area contributed by atoms with Gasteiger partial charge in [0.25, 0.3) is 5.91 Å². The minimum absolute atomic E-state index is 0.0435. The van der Waals surface area contributed by atoms with Gasteiger partial charge in [0.2, 0.25) is 0 Å². The van der Waals surface area contributed by atoms with Gasteiger partial charge in [0.05, 0.1) is 5.56 Å². The Morgan fingerprint density at radius 2 is 2.32 bits per heavy atom. The number of hydrogen-bond acceptors (Lipinski definition) is 3. The molecule has 1 aliphatic rings. The van der Waals surface area contributed by atoms with Gasteiger partial charge in [0.15, 0.2) is 0 Å². The maximum absolute atomic E-state index is 12.6. The number of benzene rings is 1. The van der Waals surface area contributed by atoms with Gasteiger partial charge in [-0.1, -0.05) is 15.9 Å². The lowest BCUT2D eigenvalue weighted by Crippen LogP contribution is -2.48. The molecule has 1 aromatic rings. The molecule has 5 heteroatoms. The summed E-state index contributed by atoms with van der Waals surface area (Å²) in [6.45, 7) is 1.55. The fourth-order valence-corrected chi connectivity index (χ4v) is 2.91. The second-order valence-corrected chi connectivity index (χ2v) is 5.78. The van der Waals surface area contributed by atoms with Gasteiger partial charge in [-0.15, -0.1) is 0 Å². The maximum Gasteiger partial charge on any atom is 0.257 e. The Morgan fingerprint density at radius 1 is 1.53 bits per heavy atom. The number of amides is 1. The lowest BCUT2D eigenvalue weighted by atomic mass is 10.0. The van der Waals surface area contributed by atoms with E-state index in [-0.39, 0.29) is 17.7 Å².